The molecule has 3 rings (SSSR count). The number of benzene rings is 1. The molecular formula is C17H17BrClN3. The lowest BCUT2D eigenvalue weighted by Crippen LogP contribution is -2.15. The highest BCUT2D eigenvalue weighted by Gasteiger charge is 2.14. The van der Waals surface area contributed by atoms with E-state index in [0.717, 1.165) is 39.4 Å². The summed E-state index contributed by atoms with van der Waals surface area (Å²) in [7, 11) is 2.00. The third-order valence-electron chi connectivity index (χ3n) is 3.71. The number of allylic oxidation sites excluding steroid dienone is 2. The first kappa shape index (κ1) is 15.4. The first-order valence-corrected chi connectivity index (χ1v) is 8.28. The Bertz CT molecular complexity index is 761. The molecule has 22 heavy (non-hydrogen) atoms. The molecule has 2 heterocycles. The van der Waals surface area contributed by atoms with Gasteiger partial charge < -0.3 is 4.90 Å². The van der Waals surface area contributed by atoms with E-state index in [1.54, 1.807) is 0 Å². The highest BCUT2D eigenvalue weighted by molar-refractivity contribution is 9.10. The fourth-order valence-electron chi connectivity index (χ4n) is 2.43. The zero-order valence-corrected chi connectivity index (χ0v) is 14.9. The van der Waals surface area contributed by atoms with Crippen LogP contribution in [-0.4, -0.2) is 28.7 Å². The molecule has 1 aromatic heterocycles. The van der Waals surface area contributed by atoms with Gasteiger partial charge in [-0.15, -0.1) is 0 Å². The summed E-state index contributed by atoms with van der Waals surface area (Å²) < 4.78 is 1.13. The van der Waals surface area contributed by atoms with Crippen molar-refractivity contribution in [1.29, 1.82) is 0 Å². The average Bonchev–Trinajstić information content (AvgIpc) is 2.91. The Balaban J connectivity index is 1.79. The van der Waals surface area contributed by atoms with Crippen LogP contribution in [0.3, 0.4) is 0 Å². The average molecular weight is 379 g/mol. The predicted octanol–water partition coefficient (Wildman–Crippen LogP) is 4.48. The van der Waals surface area contributed by atoms with Crippen LogP contribution in [-0.2, 0) is 6.42 Å². The van der Waals surface area contributed by atoms with Crippen LogP contribution >= 0.6 is 27.5 Å². The normalized spacial score (nSPS) is 14.8. The number of likely N-dealkylation sites (N-methyl/N-ethyl adjacent to an activating group) is 1. The molecule has 0 bridgehead atoms. The minimum absolute atomic E-state index is 0.727. The van der Waals surface area contributed by atoms with E-state index in [1.165, 1.54) is 11.1 Å². The Morgan fingerprint density at radius 2 is 2.18 bits per heavy atom. The Kier molecular flexibility index (Phi) is 4.41. The maximum atomic E-state index is 6.31. The van der Waals surface area contributed by atoms with Crippen LogP contribution in [0.4, 0.5) is 0 Å². The van der Waals surface area contributed by atoms with Crippen molar-refractivity contribution in [1.82, 2.24) is 15.1 Å². The molecule has 0 fully saturated rings. The summed E-state index contributed by atoms with van der Waals surface area (Å²) in [6.45, 7) is 2.93. The second-order valence-corrected chi connectivity index (χ2v) is 6.83. The standard InChI is InChI=1S/C17H17BrClN3/c1-11-3-4-12(8-15(11)18)7-13-9-17(21-20-13)14-5-6-22(2)10-16(14)19/h3-5,8-10H,6-7H2,1-2H3,(H,20,21). The number of aryl methyl sites for hydroxylation is 1. The molecule has 0 aliphatic carbocycles. The largest absolute Gasteiger partial charge is 0.375 e. The van der Waals surface area contributed by atoms with Crippen LogP contribution in [0.5, 0.6) is 0 Å². The topological polar surface area (TPSA) is 31.9 Å². The number of nitrogens with zero attached hydrogens (tertiary/aromatic N) is 2. The van der Waals surface area contributed by atoms with Gasteiger partial charge in [0.1, 0.15) is 0 Å². The second kappa shape index (κ2) is 6.31. The third-order valence-corrected chi connectivity index (χ3v) is 4.87. The zero-order valence-electron chi connectivity index (χ0n) is 12.5. The van der Waals surface area contributed by atoms with Gasteiger partial charge in [0.25, 0.3) is 0 Å². The molecule has 3 nitrogen and oxygen atoms in total. The number of aromatic nitrogens is 2. The van der Waals surface area contributed by atoms with Gasteiger partial charge in [-0.3, -0.25) is 5.10 Å². The van der Waals surface area contributed by atoms with Gasteiger partial charge in [-0.1, -0.05) is 45.7 Å². The molecule has 1 N–H and O–H groups in total. The molecule has 1 aliphatic heterocycles. The van der Waals surface area contributed by atoms with Gasteiger partial charge in [-0.2, -0.15) is 5.10 Å². The molecule has 0 spiro atoms. The van der Waals surface area contributed by atoms with Crippen molar-refractivity contribution < 1.29 is 0 Å². The molecule has 114 valence electrons. The molecule has 0 unspecified atom stereocenters. The molecule has 2 aromatic rings. The van der Waals surface area contributed by atoms with E-state index in [4.69, 9.17) is 11.6 Å². The van der Waals surface area contributed by atoms with Gasteiger partial charge >= 0.3 is 0 Å². The molecule has 1 aliphatic rings. The Labute approximate surface area is 143 Å². The van der Waals surface area contributed by atoms with Crippen LogP contribution in [0.15, 0.2) is 46.0 Å². The molecule has 0 radical (unpaired) electrons. The van der Waals surface area contributed by atoms with E-state index in [2.05, 4.69) is 63.4 Å². The summed E-state index contributed by atoms with van der Waals surface area (Å²) in [6, 6.07) is 8.48. The fraction of sp³-hybridized carbons (Fsp3) is 0.235. The minimum Gasteiger partial charge on any atom is -0.375 e. The van der Waals surface area contributed by atoms with Gasteiger partial charge in [0.15, 0.2) is 0 Å². The smallest absolute Gasteiger partial charge is 0.0936 e. The number of aromatic amines is 1. The molecule has 0 amide bonds. The van der Waals surface area contributed by atoms with Crippen molar-refractivity contribution in [2.75, 3.05) is 13.6 Å². The summed E-state index contributed by atoms with van der Waals surface area (Å²) in [6.07, 6.45) is 4.85. The van der Waals surface area contributed by atoms with Crippen molar-refractivity contribution in [3.63, 3.8) is 0 Å². The van der Waals surface area contributed by atoms with Crippen molar-refractivity contribution in [2.45, 2.75) is 13.3 Å². The minimum atomic E-state index is 0.727. The first-order valence-electron chi connectivity index (χ1n) is 7.10. The van der Waals surface area contributed by atoms with E-state index >= 15 is 0 Å². The zero-order chi connectivity index (χ0) is 15.7. The van der Waals surface area contributed by atoms with Crippen LogP contribution in [0.2, 0.25) is 0 Å². The van der Waals surface area contributed by atoms with Crippen molar-refractivity contribution in [2.24, 2.45) is 0 Å². The van der Waals surface area contributed by atoms with Crippen LogP contribution < -0.4 is 0 Å². The third kappa shape index (κ3) is 3.28. The van der Waals surface area contributed by atoms with Gasteiger partial charge in [0.2, 0.25) is 0 Å². The van der Waals surface area contributed by atoms with E-state index in [-0.39, 0.29) is 0 Å². The quantitative estimate of drug-likeness (QED) is 0.854. The number of nitrogens with one attached hydrogen (secondary N) is 1. The van der Waals surface area contributed by atoms with Gasteiger partial charge in [-0.05, 0) is 30.2 Å². The molecular weight excluding hydrogens is 362 g/mol. The van der Waals surface area contributed by atoms with E-state index in [1.807, 2.05) is 18.1 Å². The Morgan fingerprint density at radius 1 is 1.36 bits per heavy atom. The van der Waals surface area contributed by atoms with Gasteiger partial charge in [0, 0.05) is 42.0 Å². The van der Waals surface area contributed by atoms with Crippen LogP contribution in [0.1, 0.15) is 22.5 Å². The summed E-state index contributed by atoms with van der Waals surface area (Å²) >= 11 is 9.89. The first-order chi connectivity index (χ1) is 10.5. The number of hydrogen-bond donors (Lipinski definition) is 1. The monoisotopic (exact) mass is 377 g/mol. The van der Waals surface area contributed by atoms with E-state index in [0.29, 0.717) is 0 Å². The molecule has 0 atom stereocenters. The Morgan fingerprint density at radius 3 is 2.91 bits per heavy atom. The van der Waals surface area contributed by atoms with Crippen molar-refractivity contribution in [3.05, 3.63) is 68.6 Å². The molecule has 0 saturated heterocycles. The SMILES string of the molecule is Cc1ccc(Cc2cc(C3=CCN(C)C=C3Cl)n[nH]2)cc1Br. The number of H-pyrrole nitrogens is 1. The number of halogens is 2. The van der Waals surface area contributed by atoms with Crippen LogP contribution in [0, 0.1) is 6.92 Å². The molecule has 0 saturated carbocycles. The maximum Gasteiger partial charge on any atom is 0.0936 e. The number of hydrogen-bond acceptors (Lipinski definition) is 2. The Hall–Kier alpha value is -1.52. The highest BCUT2D eigenvalue weighted by atomic mass is 79.9. The van der Waals surface area contributed by atoms with Crippen molar-refractivity contribution in [3.8, 4) is 0 Å². The summed E-state index contributed by atoms with van der Waals surface area (Å²) in [5.74, 6) is 0. The van der Waals surface area contributed by atoms with Gasteiger partial charge in [0.05, 0.1) is 10.7 Å². The summed E-state index contributed by atoms with van der Waals surface area (Å²) in [5.41, 5.74) is 5.45. The molecule has 5 heteroatoms. The summed E-state index contributed by atoms with van der Waals surface area (Å²) in [4.78, 5) is 2.04. The lowest BCUT2D eigenvalue weighted by Gasteiger charge is -2.18. The molecule has 1 aromatic carbocycles. The maximum absolute atomic E-state index is 6.31. The fourth-order valence-corrected chi connectivity index (χ4v) is 3.20. The second-order valence-electron chi connectivity index (χ2n) is 5.57. The lowest BCUT2D eigenvalue weighted by atomic mass is 10.1. The summed E-state index contributed by atoms with van der Waals surface area (Å²) in [5, 5.41) is 8.24. The van der Waals surface area contributed by atoms with Crippen LogP contribution in [0.25, 0.3) is 5.57 Å². The number of rotatable bonds is 3. The van der Waals surface area contributed by atoms with Crippen molar-refractivity contribution >= 4 is 33.1 Å². The highest BCUT2D eigenvalue weighted by Crippen LogP contribution is 2.28. The lowest BCUT2D eigenvalue weighted by molar-refractivity contribution is 0.505. The predicted molar refractivity (Wildman–Crippen MR) is 94.8 cm³/mol. The van der Waals surface area contributed by atoms with E-state index in [9.17, 15) is 0 Å². The van der Waals surface area contributed by atoms with Gasteiger partial charge in [-0.25, -0.2) is 0 Å². The van der Waals surface area contributed by atoms with E-state index < -0.39 is 0 Å².